The summed E-state index contributed by atoms with van der Waals surface area (Å²) in [6, 6.07) is 0. The van der Waals surface area contributed by atoms with E-state index in [1.807, 2.05) is 11.8 Å². The van der Waals surface area contributed by atoms with Crippen LogP contribution in [0.15, 0.2) is 5.38 Å². The summed E-state index contributed by atoms with van der Waals surface area (Å²) in [6.45, 7) is 4.22. The Morgan fingerprint density at radius 3 is 3.19 bits per heavy atom. The minimum absolute atomic E-state index is 0.359. The van der Waals surface area contributed by atoms with Crippen molar-refractivity contribution in [1.82, 2.24) is 4.98 Å². The quantitative estimate of drug-likeness (QED) is 0.758. The summed E-state index contributed by atoms with van der Waals surface area (Å²) < 4.78 is 4.64. The first kappa shape index (κ1) is 11.7. The highest BCUT2D eigenvalue weighted by atomic mass is 32.2. The molecule has 1 atom stereocenters. The van der Waals surface area contributed by atoms with Gasteiger partial charge in [-0.25, -0.2) is 9.78 Å². The molecule has 1 fully saturated rings. The second-order valence-electron chi connectivity index (χ2n) is 3.63. The number of aromatic nitrogens is 1. The number of nitrogens with zero attached hydrogens (tertiary/aromatic N) is 2. The highest BCUT2D eigenvalue weighted by Gasteiger charge is 2.20. The molecule has 0 bridgehead atoms. The number of rotatable bonds is 2. The SMILES string of the molecule is COC(=O)c1csc(N2CCSC(C)C2)n1. The van der Waals surface area contributed by atoms with Crippen LogP contribution in [0.1, 0.15) is 17.4 Å². The summed E-state index contributed by atoms with van der Waals surface area (Å²) in [5.41, 5.74) is 0.411. The monoisotopic (exact) mass is 258 g/mol. The smallest absolute Gasteiger partial charge is 0.357 e. The van der Waals surface area contributed by atoms with Crippen LogP contribution in [0.5, 0.6) is 0 Å². The Bertz CT molecular complexity index is 381. The third kappa shape index (κ3) is 2.49. The molecule has 1 aliphatic heterocycles. The Hall–Kier alpha value is -0.750. The zero-order valence-electron chi connectivity index (χ0n) is 9.30. The Morgan fingerprint density at radius 2 is 2.50 bits per heavy atom. The lowest BCUT2D eigenvalue weighted by Crippen LogP contribution is -2.36. The highest BCUT2D eigenvalue weighted by Crippen LogP contribution is 2.26. The van der Waals surface area contributed by atoms with Crippen molar-refractivity contribution in [3.8, 4) is 0 Å². The summed E-state index contributed by atoms with van der Waals surface area (Å²) in [5, 5.41) is 3.31. The number of hydrogen-bond acceptors (Lipinski definition) is 6. The maximum atomic E-state index is 11.3. The van der Waals surface area contributed by atoms with E-state index in [4.69, 9.17) is 0 Å². The maximum absolute atomic E-state index is 11.3. The molecule has 0 amide bonds. The van der Waals surface area contributed by atoms with E-state index < -0.39 is 0 Å². The minimum atomic E-state index is -0.359. The van der Waals surface area contributed by atoms with Gasteiger partial charge in [-0.15, -0.1) is 11.3 Å². The molecule has 0 aliphatic carbocycles. The molecule has 88 valence electrons. The molecule has 1 aromatic rings. The molecule has 0 spiro atoms. The molecule has 2 heterocycles. The first-order chi connectivity index (χ1) is 7.70. The molecule has 2 rings (SSSR count). The minimum Gasteiger partial charge on any atom is -0.464 e. The van der Waals surface area contributed by atoms with Crippen LogP contribution < -0.4 is 4.90 Å². The molecule has 1 aromatic heterocycles. The lowest BCUT2D eigenvalue weighted by molar-refractivity contribution is 0.0595. The first-order valence-electron chi connectivity index (χ1n) is 5.11. The number of hydrogen-bond donors (Lipinski definition) is 0. The van der Waals surface area contributed by atoms with Crippen molar-refractivity contribution in [2.45, 2.75) is 12.2 Å². The van der Waals surface area contributed by atoms with Crippen LogP contribution in [0.4, 0.5) is 5.13 Å². The second-order valence-corrected chi connectivity index (χ2v) is 6.02. The van der Waals surface area contributed by atoms with E-state index in [1.54, 1.807) is 5.38 Å². The van der Waals surface area contributed by atoms with Gasteiger partial charge in [0.15, 0.2) is 10.8 Å². The van der Waals surface area contributed by atoms with Gasteiger partial charge in [0, 0.05) is 29.5 Å². The van der Waals surface area contributed by atoms with E-state index in [0.29, 0.717) is 10.9 Å². The summed E-state index contributed by atoms with van der Waals surface area (Å²) in [6.07, 6.45) is 0. The van der Waals surface area contributed by atoms with E-state index in [2.05, 4.69) is 21.5 Å². The normalized spacial score (nSPS) is 20.9. The molecular formula is C10H14N2O2S2. The molecule has 16 heavy (non-hydrogen) atoms. The van der Waals surface area contributed by atoms with Gasteiger partial charge in [-0.3, -0.25) is 0 Å². The van der Waals surface area contributed by atoms with Gasteiger partial charge in [0.1, 0.15) is 0 Å². The van der Waals surface area contributed by atoms with Crippen LogP contribution in [0.3, 0.4) is 0 Å². The number of thioether (sulfide) groups is 1. The fraction of sp³-hybridized carbons (Fsp3) is 0.600. The average Bonchev–Trinajstić information content (AvgIpc) is 2.77. The molecule has 0 radical (unpaired) electrons. The number of carbonyl (C=O) groups excluding carboxylic acids is 1. The Morgan fingerprint density at radius 1 is 1.69 bits per heavy atom. The zero-order valence-corrected chi connectivity index (χ0v) is 10.9. The summed E-state index contributed by atoms with van der Waals surface area (Å²) in [7, 11) is 1.38. The van der Waals surface area contributed by atoms with Crippen molar-refractivity contribution in [3.63, 3.8) is 0 Å². The van der Waals surface area contributed by atoms with Crippen LogP contribution in [-0.2, 0) is 4.74 Å². The number of ether oxygens (including phenoxy) is 1. The molecule has 1 unspecified atom stereocenters. The van der Waals surface area contributed by atoms with Crippen molar-refractivity contribution in [2.24, 2.45) is 0 Å². The van der Waals surface area contributed by atoms with Gasteiger partial charge in [-0.05, 0) is 0 Å². The lowest BCUT2D eigenvalue weighted by atomic mass is 10.4. The van der Waals surface area contributed by atoms with Gasteiger partial charge in [-0.2, -0.15) is 11.8 Å². The molecule has 1 saturated heterocycles. The molecule has 6 heteroatoms. The number of thiazole rings is 1. The predicted octanol–water partition coefficient (Wildman–Crippen LogP) is 1.87. The maximum Gasteiger partial charge on any atom is 0.357 e. The van der Waals surface area contributed by atoms with E-state index in [9.17, 15) is 4.79 Å². The number of esters is 1. The van der Waals surface area contributed by atoms with Crippen LogP contribution in [0.25, 0.3) is 0 Å². The van der Waals surface area contributed by atoms with Crippen molar-refractivity contribution >= 4 is 34.2 Å². The van der Waals surface area contributed by atoms with Gasteiger partial charge >= 0.3 is 5.97 Å². The Kier molecular flexibility index (Phi) is 3.70. The molecule has 0 saturated carbocycles. The van der Waals surface area contributed by atoms with Gasteiger partial charge in [0.2, 0.25) is 0 Å². The fourth-order valence-corrected chi connectivity index (χ4v) is 3.45. The van der Waals surface area contributed by atoms with Crippen LogP contribution in [0.2, 0.25) is 0 Å². The van der Waals surface area contributed by atoms with Crippen LogP contribution >= 0.6 is 23.1 Å². The van der Waals surface area contributed by atoms with E-state index in [1.165, 1.54) is 18.4 Å². The van der Waals surface area contributed by atoms with Crippen LogP contribution in [0, 0.1) is 0 Å². The molecule has 1 aliphatic rings. The summed E-state index contributed by atoms with van der Waals surface area (Å²) in [4.78, 5) is 17.8. The van der Waals surface area contributed by atoms with Gasteiger partial charge in [-0.1, -0.05) is 6.92 Å². The number of carbonyl (C=O) groups is 1. The van der Waals surface area contributed by atoms with Gasteiger partial charge in [0.25, 0.3) is 0 Å². The number of methoxy groups -OCH3 is 1. The van der Waals surface area contributed by atoms with E-state index in [-0.39, 0.29) is 5.97 Å². The van der Waals surface area contributed by atoms with E-state index >= 15 is 0 Å². The summed E-state index contributed by atoms with van der Waals surface area (Å²) in [5.74, 6) is 0.760. The zero-order chi connectivity index (χ0) is 11.5. The molecular weight excluding hydrogens is 244 g/mol. The largest absolute Gasteiger partial charge is 0.464 e. The summed E-state index contributed by atoms with van der Waals surface area (Å²) >= 11 is 3.48. The topological polar surface area (TPSA) is 42.4 Å². The van der Waals surface area contributed by atoms with Crippen LogP contribution in [-0.4, -0.2) is 42.2 Å². The second kappa shape index (κ2) is 5.05. The first-order valence-corrected chi connectivity index (χ1v) is 7.04. The van der Waals surface area contributed by atoms with Crippen molar-refractivity contribution in [3.05, 3.63) is 11.1 Å². The Balaban J connectivity index is 2.09. The average molecular weight is 258 g/mol. The molecule has 0 N–H and O–H groups in total. The highest BCUT2D eigenvalue weighted by molar-refractivity contribution is 8.00. The fourth-order valence-electron chi connectivity index (χ4n) is 1.60. The van der Waals surface area contributed by atoms with Gasteiger partial charge in [0.05, 0.1) is 7.11 Å². The number of anilines is 1. The lowest BCUT2D eigenvalue weighted by Gasteiger charge is -2.30. The third-order valence-corrected chi connectivity index (χ3v) is 4.44. The Labute approximate surface area is 103 Å². The van der Waals surface area contributed by atoms with Crippen molar-refractivity contribution in [2.75, 3.05) is 30.9 Å². The molecule has 4 nitrogen and oxygen atoms in total. The van der Waals surface area contributed by atoms with E-state index in [0.717, 1.165) is 24.0 Å². The predicted molar refractivity (Wildman–Crippen MR) is 67.6 cm³/mol. The van der Waals surface area contributed by atoms with Crippen molar-refractivity contribution in [1.29, 1.82) is 0 Å². The van der Waals surface area contributed by atoms with Gasteiger partial charge < -0.3 is 9.64 Å². The third-order valence-electron chi connectivity index (χ3n) is 2.40. The standard InChI is InChI=1S/C10H14N2O2S2/c1-7-5-12(3-4-15-7)10-11-8(6-16-10)9(13)14-2/h6-7H,3-5H2,1-2H3. The van der Waals surface area contributed by atoms with Crippen molar-refractivity contribution < 1.29 is 9.53 Å². The molecule has 0 aromatic carbocycles.